The molecule has 2 unspecified atom stereocenters. The quantitative estimate of drug-likeness (QED) is 0.824. The maximum Gasteiger partial charge on any atom is 0.117 e. The molecule has 1 heterocycles. The monoisotopic (exact) mass is 247 g/mol. The highest BCUT2D eigenvalue weighted by Gasteiger charge is 2.44. The normalized spacial score (nSPS) is 28.7. The molecule has 0 aromatic carbocycles. The van der Waals surface area contributed by atoms with Crippen molar-refractivity contribution in [3.8, 4) is 0 Å². The molecule has 0 aliphatic heterocycles. The lowest BCUT2D eigenvalue weighted by Gasteiger charge is -2.19. The molecule has 1 aromatic heterocycles. The van der Waals surface area contributed by atoms with E-state index in [1.54, 1.807) is 0 Å². The molecule has 1 N–H and O–H groups in total. The average molecular weight is 247 g/mol. The summed E-state index contributed by atoms with van der Waals surface area (Å²) in [7, 11) is 0. The van der Waals surface area contributed by atoms with E-state index in [9.17, 15) is 0 Å². The minimum atomic E-state index is 0.584. The van der Waals surface area contributed by atoms with Crippen molar-refractivity contribution in [2.45, 2.75) is 52.5 Å². The summed E-state index contributed by atoms with van der Waals surface area (Å²) in [6.45, 7) is 9.00. The Balaban J connectivity index is 1.47. The topological polar surface area (TPSA) is 25.2 Å². The predicted molar refractivity (Wildman–Crippen MR) is 73.4 cm³/mol. The molecule has 3 rings (SSSR count). The van der Waals surface area contributed by atoms with Gasteiger partial charge >= 0.3 is 0 Å². The van der Waals surface area contributed by atoms with Gasteiger partial charge in [0.05, 0.1) is 6.54 Å². The first-order valence-corrected chi connectivity index (χ1v) is 7.40. The summed E-state index contributed by atoms with van der Waals surface area (Å²) in [4.78, 5) is 0. The van der Waals surface area contributed by atoms with Crippen LogP contribution in [0.25, 0.3) is 0 Å². The van der Waals surface area contributed by atoms with Gasteiger partial charge in [-0.05, 0) is 48.6 Å². The van der Waals surface area contributed by atoms with Crippen molar-refractivity contribution < 1.29 is 4.42 Å². The van der Waals surface area contributed by atoms with Gasteiger partial charge in [-0.3, -0.25) is 0 Å². The summed E-state index contributed by atoms with van der Waals surface area (Å²) >= 11 is 0. The zero-order valence-corrected chi connectivity index (χ0v) is 11.8. The van der Waals surface area contributed by atoms with Gasteiger partial charge in [-0.1, -0.05) is 20.8 Å². The van der Waals surface area contributed by atoms with E-state index >= 15 is 0 Å². The molecule has 2 atom stereocenters. The van der Waals surface area contributed by atoms with E-state index in [1.807, 2.05) is 0 Å². The molecule has 2 saturated carbocycles. The van der Waals surface area contributed by atoms with E-state index in [2.05, 4.69) is 38.2 Å². The number of hydrogen-bond donors (Lipinski definition) is 1. The van der Waals surface area contributed by atoms with Crippen LogP contribution in [0.15, 0.2) is 16.5 Å². The molecule has 2 aliphatic rings. The van der Waals surface area contributed by atoms with Crippen LogP contribution < -0.4 is 5.32 Å². The van der Waals surface area contributed by atoms with Gasteiger partial charge in [0, 0.05) is 12.5 Å². The van der Waals surface area contributed by atoms with Gasteiger partial charge in [0.25, 0.3) is 0 Å². The van der Waals surface area contributed by atoms with Crippen LogP contribution in [0.2, 0.25) is 0 Å². The predicted octanol–water partition coefficient (Wildman–Crippen LogP) is 3.93. The lowest BCUT2D eigenvalue weighted by atomic mass is 9.92. The first-order chi connectivity index (χ1) is 8.61. The van der Waals surface area contributed by atoms with Crippen LogP contribution in [0, 0.1) is 17.3 Å². The highest BCUT2D eigenvalue weighted by molar-refractivity contribution is 5.17. The molecule has 2 aliphatic carbocycles. The van der Waals surface area contributed by atoms with Crippen molar-refractivity contribution in [2.75, 3.05) is 6.54 Å². The number of nitrogens with one attached hydrogen (secondary N) is 1. The molecule has 0 radical (unpaired) electrons. The molecular formula is C16H25NO. The first-order valence-electron chi connectivity index (χ1n) is 7.40. The van der Waals surface area contributed by atoms with Crippen LogP contribution in [-0.4, -0.2) is 6.54 Å². The molecule has 0 saturated heterocycles. The highest BCUT2D eigenvalue weighted by atomic mass is 16.3. The van der Waals surface area contributed by atoms with E-state index in [0.717, 1.165) is 30.7 Å². The maximum absolute atomic E-state index is 5.91. The average Bonchev–Trinajstić information content (AvgIpc) is 3.21. The number of rotatable bonds is 6. The zero-order chi connectivity index (χ0) is 12.8. The Hall–Kier alpha value is -0.760. The molecule has 0 bridgehead atoms. The fraction of sp³-hybridized carbons (Fsp3) is 0.750. The Kier molecular flexibility index (Phi) is 3.01. The van der Waals surface area contributed by atoms with Crippen molar-refractivity contribution in [2.24, 2.45) is 17.3 Å². The van der Waals surface area contributed by atoms with E-state index in [1.165, 1.54) is 25.0 Å². The van der Waals surface area contributed by atoms with Gasteiger partial charge in [0.15, 0.2) is 0 Å². The standard InChI is InChI=1S/C16H25NO/c1-11(2)16(6-7-16)10-17-9-13-4-5-15(18-13)14-8-12(14)3/h4-5,11-12,14,17H,6-10H2,1-3H3. The Bertz CT molecular complexity index is 416. The van der Waals surface area contributed by atoms with E-state index in [-0.39, 0.29) is 0 Å². The third-order valence-corrected chi connectivity index (χ3v) is 5.05. The molecular weight excluding hydrogens is 222 g/mol. The summed E-state index contributed by atoms with van der Waals surface area (Å²) in [5, 5.41) is 3.58. The summed E-state index contributed by atoms with van der Waals surface area (Å²) in [6, 6.07) is 4.31. The van der Waals surface area contributed by atoms with Crippen molar-refractivity contribution in [3.05, 3.63) is 23.7 Å². The fourth-order valence-corrected chi connectivity index (χ4v) is 2.96. The molecule has 100 valence electrons. The third kappa shape index (κ3) is 2.35. The smallest absolute Gasteiger partial charge is 0.117 e. The Morgan fingerprint density at radius 1 is 1.39 bits per heavy atom. The van der Waals surface area contributed by atoms with Crippen molar-refractivity contribution in [1.82, 2.24) is 5.32 Å². The molecule has 2 fully saturated rings. The fourth-order valence-electron chi connectivity index (χ4n) is 2.96. The van der Waals surface area contributed by atoms with E-state index < -0.39 is 0 Å². The molecule has 0 amide bonds. The van der Waals surface area contributed by atoms with Crippen molar-refractivity contribution in [3.63, 3.8) is 0 Å². The van der Waals surface area contributed by atoms with Gasteiger partial charge in [0.1, 0.15) is 11.5 Å². The molecule has 0 spiro atoms. The van der Waals surface area contributed by atoms with Crippen LogP contribution in [-0.2, 0) is 6.54 Å². The van der Waals surface area contributed by atoms with Gasteiger partial charge in [-0.15, -0.1) is 0 Å². The van der Waals surface area contributed by atoms with Gasteiger partial charge in [0.2, 0.25) is 0 Å². The van der Waals surface area contributed by atoms with Gasteiger partial charge < -0.3 is 9.73 Å². The Morgan fingerprint density at radius 2 is 2.11 bits per heavy atom. The van der Waals surface area contributed by atoms with Crippen LogP contribution in [0.3, 0.4) is 0 Å². The second-order valence-electron chi connectivity index (χ2n) is 6.74. The highest BCUT2D eigenvalue weighted by Crippen LogP contribution is 2.51. The second kappa shape index (κ2) is 4.41. The van der Waals surface area contributed by atoms with Crippen molar-refractivity contribution >= 4 is 0 Å². The summed E-state index contributed by atoms with van der Waals surface area (Å²) in [6.07, 6.45) is 4.08. The third-order valence-electron chi connectivity index (χ3n) is 5.05. The lowest BCUT2D eigenvalue weighted by molar-refractivity contribution is 0.329. The molecule has 1 aromatic rings. The van der Waals surface area contributed by atoms with E-state index in [4.69, 9.17) is 4.42 Å². The van der Waals surface area contributed by atoms with Crippen LogP contribution in [0.5, 0.6) is 0 Å². The van der Waals surface area contributed by atoms with Gasteiger partial charge in [-0.2, -0.15) is 0 Å². The van der Waals surface area contributed by atoms with Crippen molar-refractivity contribution in [1.29, 1.82) is 0 Å². The van der Waals surface area contributed by atoms with Crippen LogP contribution >= 0.6 is 0 Å². The summed E-state index contributed by atoms with van der Waals surface area (Å²) in [5.74, 6) is 4.62. The van der Waals surface area contributed by atoms with Crippen LogP contribution in [0.4, 0.5) is 0 Å². The number of furan rings is 1. The first kappa shape index (κ1) is 12.3. The van der Waals surface area contributed by atoms with Gasteiger partial charge in [-0.25, -0.2) is 0 Å². The van der Waals surface area contributed by atoms with E-state index in [0.29, 0.717) is 11.3 Å². The minimum absolute atomic E-state index is 0.584. The Labute approximate surface area is 110 Å². The van der Waals surface area contributed by atoms with Crippen LogP contribution in [0.1, 0.15) is 57.5 Å². The molecule has 2 heteroatoms. The Morgan fingerprint density at radius 3 is 2.67 bits per heavy atom. The SMILES string of the molecule is CC1CC1c1ccc(CNCC2(C(C)C)CC2)o1. The summed E-state index contributed by atoms with van der Waals surface area (Å²) < 4.78 is 5.91. The maximum atomic E-state index is 5.91. The lowest BCUT2D eigenvalue weighted by Crippen LogP contribution is -2.27. The minimum Gasteiger partial charge on any atom is -0.464 e. The second-order valence-corrected chi connectivity index (χ2v) is 6.74. The molecule has 2 nitrogen and oxygen atoms in total. The number of hydrogen-bond acceptors (Lipinski definition) is 2. The zero-order valence-electron chi connectivity index (χ0n) is 11.8. The largest absolute Gasteiger partial charge is 0.464 e. The summed E-state index contributed by atoms with van der Waals surface area (Å²) in [5.41, 5.74) is 0.584. The molecule has 18 heavy (non-hydrogen) atoms.